The lowest BCUT2D eigenvalue weighted by Crippen LogP contribution is -2.62. The van der Waals surface area contributed by atoms with Crippen molar-refractivity contribution in [2.75, 3.05) is 20.2 Å². The summed E-state index contributed by atoms with van der Waals surface area (Å²) in [5.41, 5.74) is 0.683. The molecule has 0 aromatic heterocycles. The van der Waals surface area contributed by atoms with E-state index in [0.717, 1.165) is 25.9 Å². The number of esters is 1. The first-order chi connectivity index (χ1) is 18.0. The van der Waals surface area contributed by atoms with Gasteiger partial charge in [-0.1, -0.05) is 34.6 Å². The third-order valence-corrected chi connectivity index (χ3v) is 12.0. The van der Waals surface area contributed by atoms with Crippen LogP contribution in [0, 0.1) is 46.3 Å². The topological polar surface area (TPSA) is 79.5 Å². The van der Waals surface area contributed by atoms with Crippen LogP contribution in [0.2, 0.25) is 0 Å². The molecule has 4 fully saturated rings. The summed E-state index contributed by atoms with van der Waals surface area (Å²) in [5, 5.41) is 10.9. The molecule has 4 unspecified atom stereocenters. The Morgan fingerprint density at radius 2 is 1.66 bits per heavy atom. The zero-order chi connectivity index (χ0) is 27.7. The third-order valence-electron chi connectivity index (χ3n) is 12.0. The highest BCUT2D eigenvalue weighted by molar-refractivity contribution is 5.73. The summed E-state index contributed by atoms with van der Waals surface area (Å²) in [7, 11) is 1.49. The predicted molar refractivity (Wildman–Crippen MR) is 154 cm³/mol. The van der Waals surface area contributed by atoms with Crippen molar-refractivity contribution in [2.45, 2.75) is 124 Å². The highest BCUT2D eigenvalue weighted by Crippen LogP contribution is 2.68. The van der Waals surface area contributed by atoms with Crippen LogP contribution in [-0.2, 0) is 14.3 Å². The molecule has 0 aromatic carbocycles. The van der Waals surface area contributed by atoms with E-state index in [1.807, 2.05) is 0 Å². The maximum Gasteiger partial charge on any atom is 0.305 e. The minimum Gasteiger partial charge on any atom is -0.469 e. The fraction of sp³-hybridized carbons (Fsp3) is 0.938. The molecule has 4 saturated carbocycles. The third kappa shape index (κ3) is 5.96. The Bertz CT molecular complexity index is 833. The van der Waals surface area contributed by atoms with Gasteiger partial charge in [0.05, 0.1) is 7.11 Å². The molecule has 218 valence electrons. The number of methoxy groups -OCH3 is 1. The molecule has 0 aromatic rings. The number of nitrogens with one attached hydrogen (secondary N) is 3. The van der Waals surface area contributed by atoms with Gasteiger partial charge < -0.3 is 20.7 Å². The van der Waals surface area contributed by atoms with Crippen molar-refractivity contribution in [2.24, 2.45) is 46.3 Å². The predicted octanol–water partition coefficient (Wildman–Crippen LogP) is 5.31. The molecule has 6 heteroatoms. The molecule has 38 heavy (non-hydrogen) atoms. The largest absolute Gasteiger partial charge is 0.469 e. The van der Waals surface area contributed by atoms with E-state index in [9.17, 15) is 9.59 Å². The van der Waals surface area contributed by atoms with Gasteiger partial charge in [0.15, 0.2) is 0 Å². The molecule has 0 spiro atoms. The number of hydrogen-bond acceptors (Lipinski definition) is 5. The van der Waals surface area contributed by atoms with Crippen LogP contribution in [0.1, 0.15) is 106 Å². The summed E-state index contributed by atoms with van der Waals surface area (Å²) >= 11 is 0. The number of hydrogen-bond donors (Lipinski definition) is 3. The van der Waals surface area contributed by atoms with Gasteiger partial charge in [0.25, 0.3) is 0 Å². The van der Waals surface area contributed by atoms with E-state index < -0.39 is 0 Å². The lowest BCUT2D eigenvalue weighted by molar-refractivity contribution is -0.142. The number of fused-ring (bicyclic) bond motifs is 5. The van der Waals surface area contributed by atoms with Crippen LogP contribution in [-0.4, -0.2) is 50.2 Å². The van der Waals surface area contributed by atoms with Crippen LogP contribution < -0.4 is 16.0 Å². The molecule has 3 N–H and O–H groups in total. The van der Waals surface area contributed by atoms with Crippen molar-refractivity contribution in [3.05, 3.63) is 0 Å². The molecule has 6 nitrogen and oxygen atoms in total. The number of rotatable bonds is 10. The summed E-state index contributed by atoms with van der Waals surface area (Å²) < 4.78 is 4.94. The van der Waals surface area contributed by atoms with E-state index in [4.69, 9.17) is 4.74 Å². The van der Waals surface area contributed by atoms with Crippen LogP contribution in [0.4, 0.5) is 0 Å². The minimum atomic E-state index is -0.0847. The van der Waals surface area contributed by atoms with Gasteiger partial charge in [0.2, 0.25) is 5.91 Å². The molecule has 1 amide bonds. The molecular weight excluding hydrogens is 474 g/mol. The quantitative estimate of drug-likeness (QED) is 0.263. The van der Waals surface area contributed by atoms with Gasteiger partial charge in [0.1, 0.15) is 0 Å². The molecule has 0 bridgehead atoms. The first kappa shape index (κ1) is 29.8. The molecule has 4 aliphatic carbocycles. The van der Waals surface area contributed by atoms with E-state index in [-0.39, 0.29) is 11.9 Å². The highest BCUT2D eigenvalue weighted by atomic mass is 16.5. The molecule has 4 rings (SSSR count). The summed E-state index contributed by atoms with van der Waals surface area (Å²) in [5.74, 6) is 3.85. The normalized spacial score (nSPS) is 41.1. The van der Waals surface area contributed by atoms with E-state index in [1.54, 1.807) is 6.92 Å². The Morgan fingerprint density at radius 3 is 2.34 bits per heavy atom. The van der Waals surface area contributed by atoms with Gasteiger partial charge in [0, 0.05) is 44.6 Å². The first-order valence-electron chi connectivity index (χ1n) is 15.8. The molecule has 0 heterocycles. The van der Waals surface area contributed by atoms with Crippen molar-refractivity contribution in [1.29, 1.82) is 0 Å². The fourth-order valence-electron chi connectivity index (χ4n) is 10.1. The first-order valence-corrected chi connectivity index (χ1v) is 15.8. The molecule has 4 aliphatic rings. The van der Waals surface area contributed by atoms with Crippen molar-refractivity contribution < 1.29 is 14.3 Å². The number of ether oxygens (including phenoxy) is 1. The van der Waals surface area contributed by atoms with Crippen LogP contribution in [0.3, 0.4) is 0 Å². The van der Waals surface area contributed by atoms with Gasteiger partial charge in [-0.3, -0.25) is 9.59 Å². The van der Waals surface area contributed by atoms with E-state index in [1.165, 1.54) is 52.1 Å². The van der Waals surface area contributed by atoms with Crippen LogP contribution in [0.25, 0.3) is 0 Å². The maximum absolute atomic E-state index is 12.5. The summed E-state index contributed by atoms with van der Waals surface area (Å²) in [4.78, 5) is 24.3. The summed E-state index contributed by atoms with van der Waals surface area (Å²) in [6.45, 7) is 15.7. The van der Waals surface area contributed by atoms with Crippen molar-refractivity contribution in [1.82, 2.24) is 16.0 Å². The summed E-state index contributed by atoms with van der Waals surface area (Å²) in [6, 6.07) is 1.42. The van der Waals surface area contributed by atoms with Crippen LogP contribution >= 0.6 is 0 Å². The average Bonchev–Trinajstić information content (AvgIpc) is 3.22. The van der Waals surface area contributed by atoms with Gasteiger partial charge in [-0.15, -0.1) is 0 Å². The van der Waals surface area contributed by atoms with Gasteiger partial charge in [-0.2, -0.15) is 0 Å². The van der Waals surface area contributed by atoms with Gasteiger partial charge >= 0.3 is 5.97 Å². The monoisotopic (exact) mass is 531 g/mol. The number of amides is 1. The maximum atomic E-state index is 12.5. The summed E-state index contributed by atoms with van der Waals surface area (Å²) in [6.07, 6.45) is 11.5. The molecule has 0 aliphatic heterocycles. The van der Waals surface area contributed by atoms with E-state index in [0.29, 0.717) is 70.9 Å². The minimum absolute atomic E-state index is 0.0847. The highest BCUT2D eigenvalue weighted by Gasteiger charge is 2.63. The van der Waals surface area contributed by atoms with Crippen LogP contribution in [0.5, 0.6) is 0 Å². The van der Waals surface area contributed by atoms with E-state index in [2.05, 4.69) is 50.6 Å². The number of carbonyl (C=O) groups is 2. The molecule has 10 atom stereocenters. The van der Waals surface area contributed by atoms with Crippen molar-refractivity contribution in [3.8, 4) is 0 Å². The lowest BCUT2D eigenvalue weighted by atomic mass is 9.43. The Balaban J connectivity index is 1.49. The Kier molecular flexibility index (Phi) is 9.55. The zero-order valence-corrected chi connectivity index (χ0v) is 25.4. The lowest BCUT2D eigenvalue weighted by Gasteiger charge is -2.63. The second-order valence-corrected chi connectivity index (χ2v) is 14.4. The average molecular weight is 532 g/mol. The molecular formula is C32H57N3O3. The standard InChI is InChI=1S/C32H57N3O3/c1-20(2)33-16-17-34-24-12-14-31(5)23(18-24)19-28(35-22(4)36)30-26-10-9-25(21(3)8-11-29(37)38-7)32(26,6)15-13-27(30)31/h20-21,23-28,30,33-34H,8-19H2,1-7H3,(H,35,36)/t21-,23-,24+,25?,26?,27?,28-,30?,31+,32-/m1/s1. The Hall–Kier alpha value is -1.14. The molecule has 0 radical (unpaired) electrons. The second kappa shape index (κ2) is 12.2. The zero-order valence-electron chi connectivity index (χ0n) is 25.4. The SMILES string of the molecule is COC(=O)CC[C@@H](C)C1CCC2C3C(CC[C@@]21C)[C@@]1(C)CC[C@H](NCCNC(C)C)C[C@@H]1C[C@H]3NC(C)=O. The Labute approximate surface area is 232 Å². The second-order valence-electron chi connectivity index (χ2n) is 14.4. The van der Waals surface area contributed by atoms with Crippen molar-refractivity contribution in [3.63, 3.8) is 0 Å². The molecule has 0 saturated heterocycles. The number of carbonyl (C=O) groups excluding carboxylic acids is 2. The van der Waals surface area contributed by atoms with Crippen molar-refractivity contribution >= 4 is 11.9 Å². The van der Waals surface area contributed by atoms with Gasteiger partial charge in [-0.05, 0) is 104 Å². The van der Waals surface area contributed by atoms with E-state index >= 15 is 0 Å². The van der Waals surface area contributed by atoms with Gasteiger partial charge in [-0.25, -0.2) is 0 Å². The smallest absolute Gasteiger partial charge is 0.305 e. The fourth-order valence-corrected chi connectivity index (χ4v) is 10.1. The van der Waals surface area contributed by atoms with Crippen LogP contribution in [0.15, 0.2) is 0 Å². The Morgan fingerprint density at radius 1 is 0.947 bits per heavy atom.